The molecule has 2 aromatic rings. The molecule has 0 spiro atoms. The lowest BCUT2D eigenvalue weighted by molar-refractivity contribution is 0.274. The minimum Gasteiger partial charge on any atom is -0.444 e. The molecule has 20 heavy (non-hydrogen) atoms. The summed E-state index contributed by atoms with van der Waals surface area (Å²) in [6.07, 6.45) is 4.41. The zero-order valence-electron chi connectivity index (χ0n) is 12.0. The van der Waals surface area contributed by atoms with Crippen molar-refractivity contribution in [1.82, 2.24) is 9.88 Å². The summed E-state index contributed by atoms with van der Waals surface area (Å²) >= 11 is 0. The molecular formula is C16H21N3O. The van der Waals surface area contributed by atoms with Crippen LogP contribution in [-0.2, 0) is 0 Å². The highest BCUT2D eigenvalue weighted by atomic mass is 16.3. The third-order valence-corrected chi connectivity index (χ3v) is 3.92. The fraction of sp³-hybridized carbons (Fsp3) is 0.438. The normalized spacial score (nSPS) is 19.6. The van der Waals surface area contributed by atoms with Crippen LogP contribution in [0.3, 0.4) is 0 Å². The molecule has 106 valence electrons. The van der Waals surface area contributed by atoms with Crippen molar-refractivity contribution in [3.63, 3.8) is 0 Å². The molecule has 0 amide bonds. The number of hydrogen-bond acceptors (Lipinski definition) is 4. The van der Waals surface area contributed by atoms with Crippen LogP contribution in [0.15, 0.2) is 41.3 Å². The van der Waals surface area contributed by atoms with Crippen LogP contribution in [0, 0.1) is 0 Å². The number of likely N-dealkylation sites (tertiary alicyclic amines) is 1. The van der Waals surface area contributed by atoms with E-state index in [1.807, 2.05) is 0 Å². The topological polar surface area (TPSA) is 41.3 Å². The minimum absolute atomic E-state index is 0.550. The Balaban J connectivity index is 1.62. The molecule has 0 bridgehead atoms. The average molecular weight is 271 g/mol. The maximum atomic E-state index is 5.30. The van der Waals surface area contributed by atoms with Crippen LogP contribution in [-0.4, -0.2) is 35.1 Å². The lowest BCUT2D eigenvalue weighted by Crippen LogP contribution is -2.31. The first-order valence-electron chi connectivity index (χ1n) is 7.22. The molecule has 1 N–H and O–H groups in total. The largest absolute Gasteiger partial charge is 0.444 e. The fourth-order valence-corrected chi connectivity index (χ4v) is 2.70. The van der Waals surface area contributed by atoms with Gasteiger partial charge in [-0.05, 0) is 44.5 Å². The lowest BCUT2D eigenvalue weighted by Gasteiger charge is -2.20. The summed E-state index contributed by atoms with van der Waals surface area (Å²) in [7, 11) is 0. The first-order chi connectivity index (χ1) is 9.72. The van der Waals surface area contributed by atoms with Gasteiger partial charge in [0, 0.05) is 36.4 Å². The first kappa shape index (κ1) is 13.2. The van der Waals surface area contributed by atoms with Gasteiger partial charge in [-0.25, -0.2) is 4.98 Å². The van der Waals surface area contributed by atoms with Gasteiger partial charge in [-0.1, -0.05) is 0 Å². The number of anilines is 1. The SMILES string of the molecule is CC(C)N1CCC(Nc2ccc(-c3cnco3)cc2)C1. The molecule has 1 fully saturated rings. The predicted molar refractivity (Wildman–Crippen MR) is 80.7 cm³/mol. The molecule has 1 saturated heterocycles. The van der Waals surface area contributed by atoms with Gasteiger partial charge in [0.25, 0.3) is 0 Å². The summed E-state index contributed by atoms with van der Waals surface area (Å²) in [5.41, 5.74) is 2.23. The van der Waals surface area contributed by atoms with Crippen molar-refractivity contribution < 1.29 is 4.42 Å². The number of nitrogens with zero attached hydrogens (tertiary/aromatic N) is 2. The van der Waals surface area contributed by atoms with E-state index in [0.717, 1.165) is 17.9 Å². The van der Waals surface area contributed by atoms with Gasteiger partial charge in [-0.2, -0.15) is 0 Å². The smallest absolute Gasteiger partial charge is 0.181 e. The van der Waals surface area contributed by atoms with E-state index >= 15 is 0 Å². The van der Waals surface area contributed by atoms with Crippen LogP contribution in [0.25, 0.3) is 11.3 Å². The van der Waals surface area contributed by atoms with Gasteiger partial charge in [0.2, 0.25) is 0 Å². The monoisotopic (exact) mass is 271 g/mol. The molecule has 1 atom stereocenters. The number of hydrogen-bond donors (Lipinski definition) is 1. The zero-order valence-corrected chi connectivity index (χ0v) is 12.0. The van der Waals surface area contributed by atoms with Crippen LogP contribution < -0.4 is 5.32 Å². The van der Waals surface area contributed by atoms with Crippen molar-refractivity contribution in [3.8, 4) is 11.3 Å². The molecule has 0 radical (unpaired) electrons. The minimum atomic E-state index is 0.550. The molecule has 1 unspecified atom stereocenters. The number of rotatable bonds is 4. The summed E-state index contributed by atoms with van der Waals surface area (Å²) in [6, 6.07) is 9.53. The molecule has 2 heterocycles. The summed E-state index contributed by atoms with van der Waals surface area (Å²) in [4.78, 5) is 6.46. The molecule has 0 saturated carbocycles. The van der Waals surface area contributed by atoms with Crippen LogP contribution in [0.4, 0.5) is 5.69 Å². The Bertz CT molecular complexity index is 533. The molecule has 1 aliphatic heterocycles. The molecular weight excluding hydrogens is 250 g/mol. The van der Waals surface area contributed by atoms with Crippen molar-refractivity contribution in [3.05, 3.63) is 36.9 Å². The van der Waals surface area contributed by atoms with Gasteiger partial charge in [-0.15, -0.1) is 0 Å². The van der Waals surface area contributed by atoms with E-state index in [1.54, 1.807) is 6.20 Å². The average Bonchev–Trinajstić information content (AvgIpc) is 3.10. The lowest BCUT2D eigenvalue weighted by atomic mass is 10.1. The van der Waals surface area contributed by atoms with Crippen molar-refractivity contribution in [1.29, 1.82) is 0 Å². The molecule has 4 nitrogen and oxygen atoms in total. The van der Waals surface area contributed by atoms with Gasteiger partial charge >= 0.3 is 0 Å². The quantitative estimate of drug-likeness (QED) is 0.927. The number of benzene rings is 1. The van der Waals surface area contributed by atoms with E-state index in [0.29, 0.717) is 12.1 Å². The Morgan fingerprint density at radius 1 is 1.30 bits per heavy atom. The zero-order chi connectivity index (χ0) is 13.9. The number of nitrogens with one attached hydrogen (secondary N) is 1. The highest BCUT2D eigenvalue weighted by Gasteiger charge is 2.23. The van der Waals surface area contributed by atoms with Crippen LogP contribution in [0.2, 0.25) is 0 Å². The molecule has 4 heteroatoms. The number of aromatic nitrogens is 1. The number of oxazole rings is 1. The molecule has 0 aliphatic carbocycles. The van der Waals surface area contributed by atoms with Crippen molar-refractivity contribution in [2.75, 3.05) is 18.4 Å². The second-order valence-corrected chi connectivity index (χ2v) is 5.66. The third-order valence-electron chi connectivity index (χ3n) is 3.92. The van der Waals surface area contributed by atoms with E-state index in [2.05, 4.69) is 53.3 Å². The molecule has 1 aromatic carbocycles. The molecule has 3 rings (SSSR count). The third kappa shape index (κ3) is 2.85. The summed E-state index contributed by atoms with van der Waals surface area (Å²) in [5.74, 6) is 0.809. The Hall–Kier alpha value is -1.81. The standard InChI is InChI=1S/C16H21N3O/c1-12(2)19-8-7-15(10-19)18-14-5-3-13(4-6-14)16-9-17-11-20-16/h3-6,9,11-12,15,18H,7-8,10H2,1-2H3. The Labute approximate surface area is 119 Å². The Kier molecular flexibility index (Phi) is 3.74. The fourth-order valence-electron chi connectivity index (χ4n) is 2.70. The van der Waals surface area contributed by atoms with E-state index in [1.165, 1.54) is 25.0 Å². The molecule has 1 aromatic heterocycles. The van der Waals surface area contributed by atoms with E-state index in [4.69, 9.17) is 4.42 Å². The highest BCUT2D eigenvalue weighted by Crippen LogP contribution is 2.22. The Morgan fingerprint density at radius 2 is 2.10 bits per heavy atom. The summed E-state index contributed by atoms with van der Waals surface area (Å²) in [6.45, 7) is 6.83. The first-order valence-corrected chi connectivity index (χ1v) is 7.22. The van der Waals surface area contributed by atoms with Crippen LogP contribution >= 0.6 is 0 Å². The Morgan fingerprint density at radius 3 is 2.70 bits per heavy atom. The summed E-state index contributed by atoms with van der Waals surface area (Å²) < 4.78 is 5.30. The molecule has 1 aliphatic rings. The second kappa shape index (κ2) is 5.67. The van der Waals surface area contributed by atoms with Crippen LogP contribution in [0.5, 0.6) is 0 Å². The van der Waals surface area contributed by atoms with Crippen molar-refractivity contribution in [2.24, 2.45) is 0 Å². The van der Waals surface area contributed by atoms with E-state index in [9.17, 15) is 0 Å². The van der Waals surface area contributed by atoms with Gasteiger partial charge < -0.3 is 9.73 Å². The summed E-state index contributed by atoms with van der Waals surface area (Å²) in [5, 5.41) is 3.61. The maximum absolute atomic E-state index is 5.30. The van der Waals surface area contributed by atoms with Crippen molar-refractivity contribution >= 4 is 5.69 Å². The van der Waals surface area contributed by atoms with Crippen LogP contribution in [0.1, 0.15) is 20.3 Å². The van der Waals surface area contributed by atoms with E-state index in [-0.39, 0.29) is 0 Å². The van der Waals surface area contributed by atoms with Gasteiger partial charge in [0.05, 0.1) is 6.20 Å². The second-order valence-electron chi connectivity index (χ2n) is 5.66. The van der Waals surface area contributed by atoms with Crippen molar-refractivity contribution in [2.45, 2.75) is 32.4 Å². The maximum Gasteiger partial charge on any atom is 0.181 e. The predicted octanol–water partition coefficient (Wildman–Crippen LogP) is 3.24. The van der Waals surface area contributed by atoms with Gasteiger partial charge in [0.15, 0.2) is 12.2 Å². The van der Waals surface area contributed by atoms with Gasteiger partial charge in [0.1, 0.15) is 0 Å². The highest BCUT2D eigenvalue weighted by molar-refractivity contribution is 5.60. The van der Waals surface area contributed by atoms with E-state index < -0.39 is 0 Å². The van der Waals surface area contributed by atoms with Gasteiger partial charge in [-0.3, -0.25) is 4.90 Å².